The average Bonchev–Trinajstić information content (AvgIpc) is 2.92. The van der Waals surface area contributed by atoms with E-state index in [1.807, 2.05) is 24.0 Å². The van der Waals surface area contributed by atoms with Gasteiger partial charge in [-0.15, -0.1) is 0 Å². The summed E-state index contributed by atoms with van der Waals surface area (Å²) in [7, 11) is 0. The van der Waals surface area contributed by atoms with E-state index in [9.17, 15) is 0 Å². The van der Waals surface area contributed by atoms with Crippen LogP contribution in [0.1, 0.15) is 32.2 Å². The van der Waals surface area contributed by atoms with Crippen molar-refractivity contribution in [2.75, 3.05) is 11.5 Å². The molecule has 2 atom stereocenters. The molecule has 0 bridgehead atoms. The molecule has 102 valence electrons. The van der Waals surface area contributed by atoms with Crippen LogP contribution in [0.5, 0.6) is 0 Å². The van der Waals surface area contributed by atoms with Gasteiger partial charge in [-0.2, -0.15) is 11.8 Å². The van der Waals surface area contributed by atoms with Crippen LogP contribution >= 0.6 is 27.7 Å². The Balaban J connectivity index is 2.06. The summed E-state index contributed by atoms with van der Waals surface area (Å²) in [5.41, 5.74) is 7.91. The van der Waals surface area contributed by atoms with Gasteiger partial charge in [0.05, 0.1) is 6.04 Å². The van der Waals surface area contributed by atoms with Crippen LogP contribution in [0.15, 0.2) is 16.7 Å². The minimum absolute atomic E-state index is 0.434. The molecule has 0 spiro atoms. The zero-order valence-electron chi connectivity index (χ0n) is 10.8. The molecule has 0 saturated heterocycles. The van der Waals surface area contributed by atoms with E-state index in [2.05, 4.69) is 37.4 Å². The maximum Gasteiger partial charge on any atom is 0.202 e. The largest absolute Gasteiger partial charge is 0.369 e. The number of fused-ring (bicyclic) bond motifs is 1. The molecule has 0 aliphatic heterocycles. The molecule has 3 rings (SSSR count). The summed E-state index contributed by atoms with van der Waals surface area (Å²) in [6.07, 6.45) is 5.51. The Kier molecular flexibility index (Phi) is 3.71. The Morgan fingerprint density at radius 1 is 1.53 bits per heavy atom. The second-order valence-corrected chi connectivity index (χ2v) is 7.26. The molecule has 1 aliphatic carbocycles. The van der Waals surface area contributed by atoms with Crippen LogP contribution in [-0.4, -0.2) is 25.5 Å². The average molecular weight is 341 g/mol. The SMILES string of the molecule is CCSC1CCCC1n1c(N)nc2cc(Br)cnc21. The Bertz CT molecular complexity index is 598. The molecule has 0 aromatic carbocycles. The first-order valence-electron chi connectivity index (χ1n) is 6.61. The third kappa shape index (κ3) is 2.36. The van der Waals surface area contributed by atoms with E-state index in [1.54, 1.807) is 0 Å². The van der Waals surface area contributed by atoms with Crippen molar-refractivity contribution in [3.8, 4) is 0 Å². The first-order valence-corrected chi connectivity index (χ1v) is 8.45. The van der Waals surface area contributed by atoms with Crippen molar-refractivity contribution >= 4 is 44.8 Å². The van der Waals surface area contributed by atoms with Crippen molar-refractivity contribution in [3.05, 3.63) is 16.7 Å². The molecule has 1 aliphatic rings. The fourth-order valence-electron chi connectivity index (χ4n) is 2.91. The number of halogens is 1. The number of nitrogen functional groups attached to an aromatic ring is 1. The molecule has 2 heterocycles. The summed E-state index contributed by atoms with van der Waals surface area (Å²) in [4.78, 5) is 8.96. The number of aromatic nitrogens is 3. The summed E-state index contributed by atoms with van der Waals surface area (Å²) in [6, 6.07) is 2.41. The minimum Gasteiger partial charge on any atom is -0.369 e. The van der Waals surface area contributed by atoms with Gasteiger partial charge in [0.25, 0.3) is 0 Å². The second kappa shape index (κ2) is 5.32. The van der Waals surface area contributed by atoms with Crippen molar-refractivity contribution in [2.45, 2.75) is 37.5 Å². The topological polar surface area (TPSA) is 56.7 Å². The summed E-state index contributed by atoms with van der Waals surface area (Å²) < 4.78 is 3.08. The van der Waals surface area contributed by atoms with Gasteiger partial charge in [-0.05, 0) is 40.6 Å². The fourth-order valence-corrected chi connectivity index (χ4v) is 4.47. The van der Waals surface area contributed by atoms with Gasteiger partial charge in [-0.1, -0.05) is 13.3 Å². The Hall–Kier alpha value is -0.750. The predicted octanol–water partition coefficient (Wildman–Crippen LogP) is 3.62. The molecule has 4 nitrogen and oxygen atoms in total. The highest BCUT2D eigenvalue weighted by molar-refractivity contribution is 9.10. The molecule has 0 radical (unpaired) electrons. The zero-order valence-corrected chi connectivity index (χ0v) is 13.2. The smallest absolute Gasteiger partial charge is 0.202 e. The van der Waals surface area contributed by atoms with Crippen LogP contribution in [0.3, 0.4) is 0 Å². The summed E-state index contributed by atoms with van der Waals surface area (Å²) in [5, 5.41) is 0.634. The van der Waals surface area contributed by atoms with Gasteiger partial charge in [-0.3, -0.25) is 4.57 Å². The van der Waals surface area contributed by atoms with Gasteiger partial charge in [0.2, 0.25) is 5.95 Å². The van der Waals surface area contributed by atoms with Gasteiger partial charge in [-0.25, -0.2) is 9.97 Å². The lowest BCUT2D eigenvalue weighted by molar-refractivity contribution is 0.546. The van der Waals surface area contributed by atoms with E-state index >= 15 is 0 Å². The maximum absolute atomic E-state index is 6.13. The first-order chi connectivity index (χ1) is 9.20. The van der Waals surface area contributed by atoms with E-state index in [4.69, 9.17) is 5.73 Å². The first kappa shape index (κ1) is 13.2. The minimum atomic E-state index is 0.434. The third-order valence-electron chi connectivity index (χ3n) is 3.65. The number of pyridine rings is 1. The third-order valence-corrected chi connectivity index (χ3v) is 5.40. The van der Waals surface area contributed by atoms with Gasteiger partial charge < -0.3 is 5.73 Å². The molecular formula is C13H17BrN4S. The molecule has 6 heteroatoms. The van der Waals surface area contributed by atoms with Crippen molar-refractivity contribution in [2.24, 2.45) is 0 Å². The van der Waals surface area contributed by atoms with Crippen molar-refractivity contribution in [1.82, 2.24) is 14.5 Å². The predicted molar refractivity (Wildman–Crippen MR) is 84.4 cm³/mol. The number of anilines is 1. The van der Waals surface area contributed by atoms with E-state index in [0.29, 0.717) is 17.2 Å². The lowest BCUT2D eigenvalue weighted by Crippen LogP contribution is -2.18. The monoisotopic (exact) mass is 340 g/mol. The maximum atomic E-state index is 6.13. The molecule has 2 aromatic rings. The van der Waals surface area contributed by atoms with Gasteiger partial charge in [0.1, 0.15) is 5.52 Å². The molecule has 2 unspecified atom stereocenters. The molecule has 2 aromatic heterocycles. The van der Waals surface area contributed by atoms with Crippen LogP contribution in [0.2, 0.25) is 0 Å². The fraction of sp³-hybridized carbons (Fsp3) is 0.538. The van der Waals surface area contributed by atoms with E-state index in [1.165, 1.54) is 19.3 Å². The number of rotatable bonds is 3. The van der Waals surface area contributed by atoms with Crippen LogP contribution in [-0.2, 0) is 0 Å². The normalized spacial score (nSPS) is 23.3. The highest BCUT2D eigenvalue weighted by Gasteiger charge is 2.31. The Morgan fingerprint density at radius 2 is 2.37 bits per heavy atom. The van der Waals surface area contributed by atoms with Crippen molar-refractivity contribution in [1.29, 1.82) is 0 Å². The molecule has 2 N–H and O–H groups in total. The number of nitrogens with zero attached hydrogens (tertiary/aromatic N) is 3. The number of hydrogen-bond donors (Lipinski definition) is 1. The molecule has 0 amide bonds. The van der Waals surface area contributed by atoms with Crippen molar-refractivity contribution < 1.29 is 0 Å². The number of imidazole rings is 1. The molecule has 1 saturated carbocycles. The summed E-state index contributed by atoms with van der Waals surface area (Å²) in [5.74, 6) is 1.74. The van der Waals surface area contributed by atoms with Crippen LogP contribution in [0.4, 0.5) is 5.95 Å². The molecular weight excluding hydrogens is 324 g/mol. The number of nitrogens with two attached hydrogens (primary N) is 1. The highest BCUT2D eigenvalue weighted by Crippen LogP contribution is 2.41. The Morgan fingerprint density at radius 3 is 3.16 bits per heavy atom. The van der Waals surface area contributed by atoms with Gasteiger partial charge in [0, 0.05) is 15.9 Å². The molecule has 19 heavy (non-hydrogen) atoms. The van der Waals surface area contributed by atoms with E-state index < -0.39 is 0 Å². The van der Waals surface area contributed by atoms with Crippen LogP contribution in [0, 0.1) is 0 Å². The quantitative estimate of drug-likeness (QED) is 0.926. The molecule has 1 fully saturated rings. The summed E-state index contributed by atoms with van der Waals surface area (Å²) >= 11 is 5.45. The van der Waals surface area contributed by atoms with E-state index in [0.717, 1.165) is 21.4 Å². The van der Waals surface area contributed by atoms with Crippen LogP contribution in [0.25, 0.3) is 11.2 Å². The second-order valence-electron chi connectivity index (χ2n) is 4.83. The number of hydrogen-bond acceptors (Lipinski definition) is 4. The summed E-state index contributed by atoms with van der Waals surface area (Å²) in [6.45, 7) is 2.21. The Labute approximate surface area is 125 Å². The zero-order chi connectivity index (χ0) is 13.4. The lowest BCUT2D eigenvalue weighted by atomic mass is 10.2. The van der Waals surface area contributed by atoms with Gasteiger partial charge in [0.15, 0.2) is 5.65 Å². The van der Waals surface area contributed by atoms with E-state index in [-0.39, 0.29) is 0 Å². The standard InChI is InChI=1S/C13H17BrN4S/c1-2-19-11-5-3-4-10(11)18-12-9(17-13(18)15)6-8(14)7-16-12/h6-7,10-11H,2-5H2,1H3,(H2,15,17). The highest BCUT2D eigenvalue weighted by atomic mass is 79.9. The van der Waals surface area contributed by atoms with Crippen molar-refractivity contribution in [3.63, 3.8) is 0 Å². The lowest BCUT2D eigenvalue weighted by Gasteiger charge is -2.21. The van der Waals surface area contributed by atoms with Crippen LogP contribution < -0.4 is 5.73 Å². The number of thioether (sulfide) groups is 1. The van der Waals surface area contributed by atoms with Gasteiger partial charge >= 0.3 is 0 Å².